The molecule has 7 heteroatoms. The molecule has 0 saturated carbocycles. The van der Waals surface area contributed by atoms with Gasteiger partial charge in [-0.1, -0.05) is 24.8 Å². The zero-order chi connectivity index (χ0) is 20.2. The van der Waals surface area contributed by atoms with Crippen molar-refractivity contribution >= 4 is 23.4 Å². The predicted molar refractivity (Wildman–Crippen MR) is 116 cm³/mol. The summed E-state index contributed by atoms with van der Waals surface area (Å²) in [6.07, 6.45) is 7.90. The molecule has 3 aromatic rings. The maximum atomic E-state index is 12.8. The molecule has 0 unspecified atom stereocenters. The summed E-state index contributed by atoms with van der Waals surface area (Å²) in [6, 6.07) is 10.1. The molecule has 1 aliphatic carbocycles. The Bertz CT molecular complexity index is 1000. The molecule has 1 atom stereocenters. The highest BCUT2D eigenvalue weighted by Crippen LogP contribution is 2.29. The minimum absolute atomic E-state index is 0.0237. The van der Waals surface area contributed by atoms with Crippen LogP contribution in [0.3, 0.4) is 0 Å². The molecule has 1 amide bonds. The van der Waals surface area contributed by atoms with Crippen molar-refractivity contribution in [1.82, 2.24) is 19.7 Å². The van der Waals surface area contributed by atoms with Crippen LogP contribution < -0.4 is 5.32 Å². The molecule has 0 saturated heterocycles. The van der Waals surface area contributed by atoms with E-state index in [1.54, 1.807) is 12.4 Å². The van der Waals surface area contributed by atoms with Crippen LogP contribution in [-0.4, -0.2) is 30.9 Å². The van der Waals surface area contributed by atoms with Gasteiger partial charge in [-0.2, -0.15) is 0 Å². The van der Waals surface area contributed by atoms with Crippen LogP contribution in [0, 0.1) is 0 Å². The van der Waals surface area contributed by atoms with E-state index in [0.717, 1.165) is 48.0 Å². The Morgan fingerprint density at radius 2 is 1.97 bits per heavy atom. The second kappa shape index (κ2) is 8.78. The number of anilines is 1. The number of aromatic nitrogens is 4. The van der Waals surface area contributed by atoms with Gasteiger partial charge in [-0.3, -0.25) is 9.78 Å². The quantitative estimate of drug-likeness (QED) is 0.589. The number of pyridine rings is 1. The average molecular weight is 408 g/mol. The summed E-state index contributed by atoms with van der Waals surface area (Å²) < 4.78 is 2.08. The first kappa shape index (κ1) is 19.6. The van der Waals surface area contributed by atoms with E-state index in [-0.39, 0.29) is 11.2 Å². The number of hydrogen-bond acceptors (Lipinski definition) is 5. The van der Waals surface area contributed by atoms with Gasteiger partial charge in [-0.25, -0.2) is 0 Å². The number of fused-ring (bicyclic) bond motifs is 1. The third-order valence-corrected chi connectivity index (χ3v) is 6.20. The van der Waals surface area contributed by atoms with Crippen molar-refractivity contribution in [3.8, 4) is 11.4 Å². The van der Waals surface area contributed by atoms with Crippen LogP contribution in [0.5, 0.6) is 0 Å². The van der Waals surface area contributed by atoms with Gasteiger partial charge in [0.1, 0.15) is 0 Å². The van der Waals surface area contributed by atoms with Gasteiger partial charge in [-0.05, 0) is 68.0 Å². The first-order chi connectivity index (χ1) is 14.2. The van der Waals surface area contributed by atoms with Gasteiger partial charge in [0.05, 0.1) is 5.25 Å². The zero-order valence-corrected chi connectivity index (χ0v) is 17.6. The Morgan fingerprint density at radius 1 is 1.17 bits per heavy atom. The van der Waals surface area contributed by atoms with Gasteiger partial charge in [-0.15, -0.1) is 10.2 Å². The van der Waals surface area contributed by atoms with Crippen molar-refractivity contribution in [2.24, 2.45) is 0 Å². The van der Waals surface area contributed by atoms with Crippen LogP contribution in [0.1, 0.15) is 37.8 Å². The lowest BCUT2D eigenvalue weighted by atomic mass is 10.1. The van der Waals surface area contributed by atoms with Crippen molar-refractivity contribution < 1.29 is 4.79 Å². The molecule has 0 spiro atoms. The summed E-state index contributed by atoms with van der Waals surface area (Å²) in [7, 11) is 0. The van der Waals surface area contributed by atoms with Crippen LogP contribution in [-0.2, 0) is 24.2 Å². The van der Waals surface area contributed by atoms with Crippen molar-refractivity contribution in [2.75, 3.05) is 5.32 Å². The molecule has 4 rings (SSSR count). The molecule has 1 N–H and O–H groups in total. The molecule has 6 nitrogen and oxygen atoms in total. The van der Waals surface area contributed by atoms with Crippen LogP contribution in [0.2, 0.25) is 0 Å². The fourth-order valence-corrected chi connectivity index (χ4v) is 4.50. The van der Waals surface area contributed by atoms with E-state index in [4.69, 9.17) is 0 Å². The standard InChI is InChI=1S/C22H25N5OS/c1-3-13-27-20(17-9-11-23-12-10-17)25-26-22(27)29-15(2)21(28)24-19-8-7-16-5-4-6-18(16)14-19/h7-12,14-15H,3-6,13H2,1-2H3,(H,24,28)/t15-/m0/s1. The van der Waals surface area contributed by atoms with Crippen LogP contribution >= 0.6 is 11.8 Å². The molecular formula is C22H25N5OS. The van der Waals surface area contributed by atoms with Gasteiger partial charge in [0.25, 0.3) is 0 Å². The minimum Gasteiger partial charge on any atom is -0.325 e. The first-order valence-electron chi connectivity index (χ1n) is 10.1. The number of benzene rings is 1. The third-order valence-electron chi connectivity index (χ3n) is 5.12. The first-order valence-corrected chi connectivity index (χ1v) is 11.0. The van der Waals surface area contributed by atoms with Crippen LogP contribution in [0.25, 0.3) is 11.4 Å². The maximum absolute atomic E-state index is 12.8. The summed E-state index contributed by atoms with van der Waals surface area (Å²) in [5.74, 6) is 0.785. The largest absolute Gasteiger partial charge is 0.325 e. The van der Waals surface area contributed by atoms with E-state index in [9.17, 15) is 4.79 Å². The average Bonchev–Trinajstić information content (AvgIpc) is 3.36. The Balaban J connectivity index is 1.48. The van der Waals surface area contributed by atoms with Gasteiger partial charge < -0.3 is 9.88 Å². The van der Waals surface area contributed by atoms with Crippen molar-refractivity contribution in [1.29, 1.82) is 0 Å². The molecule has 29 heavy (non-hydrogen) atoms. The summed E-state index contributed by atoms with van der Waals surface area (Å²) in [4.78, 5) is 16.8. The summed E-state index contributed by atoms with van der Waals surface area (Å²) in [6.45, 7) is 4.82. The van der Waals surface area contributed by atoms with Crippen molar-refractivity contribution in [3.63, 3.8) is 0 Å². The molecule has 0 fully saturated rings. The summed E-state index contributed by atoms with van der Waals surface area (Å²) >= 11 is 1.44. The van der Waals surface area contributed by atoms with Gasteiger partial charge in [0.2, 0.25) is 5.91 Å². The number of hydrogen-bond donors (Lipinski definition) is 1. The Morgan fingerprint density at radius 3 is 2.76 bits per heavy atom. The Hall–Kier alpha value is -2.67. The monoisotopic (exact) mass is 407 g/mol. The number of carbonyl (C=O) groups is 1. The highest BCUT2D eigenvalue weighted by molar-refractivity contribution is 8.00. The molecule has 150 valence electrons. The second-order valence-corrected chi connectivity index (χ2v) is 8.59. The molecule has 0 radical (unpaired) electrons. The Labute approximate surface area is 175 Å². The van der Waals surface area contributed by atoms with Gasteiger partial charge in [0, 0.05) is 30.2 Å². The van der Waals surface area contributed by atoms with Crippen molar-refractivity contribution in [3.05, 3.63) is 53.9 Å². The summed E-state index contributed by atoms with van der Waals surface area (Å²) in [5.41, 5.74) is 4.60. The van der Waals surface area contributed by atoms with E-state index < -0.39 is 0 Å². The topological polar surface area (TPSA) is 72.7 Å². The number of aryl methyl sites for hydroxylation is 2. The number of nitrogens with zero attached hydrogens (tertiary/aromatic N) is 4. The van der Waals surface area contributed by atoms with E-state index in [1.807, 2.05) is 25.1 Å². The van der Waals surface area contributed by atoms with E-state index >= 15 is 0 Å². The lowest BCUT2D eigenvalue weighted by Crippen LogP contribution is -2.23. The minimum atomic E-state index is -0.284. The number of nitrogens with one attached hydrogen (secondary N) is 1. The second-order valence-electron chi connectivity index (χ2n) is 7.28. The molecule has 2 heterocycles. The fourth-order valence-electron chi connectivity index (χ4n) is 3.62. The van der Waals surface area contributed by atoms with E-state index in [1.165, 1.54) is 29.3 Å². The van der Waals surface area contributed by atoms with Gasteiger partial charge >= 0.3 is 0 Å². The fraction of sp³-hybridized carbons (Fsp3) is 0.364. The molecule has 2 aromatic heterocycles. The number of thioether (sulfide) groups is 1. The Kier molecular flexibility index (Phi) is 5.94. The SMILES string of the molecule is CCCn1c(S[C@@H](C)C(=O)Nc2ccc3c(c2)CCC3)nnc1-c1ccncc1. The molecule has 1 aliphatic rings. The molecule has 0 aliphatic heterocycles. The third kappa shape index (κ3) is 4.34. The van der Waals surface area contributed by atoms with Crippen molar-refractivity contribution in [2.45, 2.75) is 56.5 Å². The van der Waals surface area contributed by atoms with Gasteiger partial charge in [0.15, 0.2) is 11.0 Å². The molecule has 0 bridgehead atoms. The zero-order valence-electron chi connectivity index (χ0n) is 16.8. The number of amides is 1. The van der Waals surface area contributed by atoms with Crippen LogP contribution in [0.15, 0.2) is 47.9 Å². The van der Waals surface area contributed by atoms with E-state index in [0.29, 0.717) is 0 Å². The summed E-state index contributed by atoms with van der Waals surface area (Å²) in [5, 5.41) is 12.3. The predicted octanol–water partition coefficient (Wildman–Crippen LogP) is 4.36. The molecule has 1 aromatic carbocycles. The number of carbonyl (C=O) groups excluding carboxylic acids is 1. The smallest absolute Gasteiger partial charge is 0.237 e. The highest BCUT2D eigenvalue weighted by Gasteiger charge is 2.21. The van der Waals surface area contributed by atoms with Crippen LogP contribution in [0.4, 0.5) is 5.69 Å². The lowest BCUT2D eigenvalue weighted by molar-refractivity contribution is -0.115. The lowest BCUT2D eigenvalue weighted by Gasteiger charge is -2.14. The normalized spacial score (nSPS) is 13.9. The maximum Gasteiger partial charge on any atom is 0.237 e. The highest BCUT2D eigenvalue weighted by atomic mass is 32.2. The van der Waals surface area contributed by atoms with E-state index in [2.05, 4.69) is 44.1 Å². The number of rotatable bonds is 7. The molecular weight excluding hydrogens is 382 g/mol.